The standard InChI is InChI=1S/C17H19BrO2/c1-3-10-19-16-6-4-5-7-17(16)20-15-9-8-13(2)11-14(15)12-18/h4-9,11H,3,10,12H2,1-2H3. The van der Waals surface area contributed by atoms with Gasteiger partial charge in [-0.3, -0.25) is 0 Å². The fourth-order valence-electron chi connectivity index (χ4n) is 1.90. The Balaban J connectivity index is 2.25. The lowest BCUT2D eigenvalue weighted by atomic mass is 10.1. The van der Waals surface area contributed by atoms with Gasteiger partial charge < -0.3 is 9.47 Å². The van der Waals surface area contributed by atoms with Crippen molar-refractivity contribution < 1.29 is 9.47 Å². The van der Waals surface area contributed by atoms with Crippen LogP contribution in [0.3, 0.4) is 0 Å². The molecule has 2 aromatic carbocycles. The quantitative estimate of drug-likeness (QED) is 0.652. The molecule has 0 aliphatic heterocycles. The molecule has 0 unspecified atom stereocenters. The zero-order valence-corrected chi connectivity index (χ0v) is 13.4. The van der Waals surface area contributed by atoms with Gasteiger partial charge in [0.25, 0.3) is 0 Å². The zero-order valence-electron chi connectivity index (χ0n) is 11.9. The van der Waals surface area contributed by atoms with Crippen molar-refractivity contribution in [1.82, 2.24) is 0 Å². The van der Waals surface area contributed by atoms with Crippen molar-refractivity contribution in [3.63, 3.8) is 0 Å². The Labute approximate surface area is 128 Å². The second-order valence-electron chi connectivity index (χ2n) is 4.64. The lowest BCUT2D eigenvalue weighted by Crippen LogP contribution is -1.98. The first-order chi connectivity index (χ1) is 9.74. The predicted octanol–water partition coefficient (Wildman–Crippen LogP) is 5.47. The molecule has 0 N–H and O–H groups in total. The maximum absolute atomic E-state index is 6.03. The summed E-state index contributed by atoms with van der Waals surface area (Å²) >= 11 is 3.51. The van der Waals surface area contributed by atoms with Crippen LogP contribution in [0.25, 0.3) is 0 Å². The molecule has 2 aromatic rings. The summed E-state index contributed by atoms with van der Waals surface area (Å²) in [5, 5.41) is 0.766. The van der Waals surface area contributed by atoms with Crippen LogP contribution in [-0.4, -0.2) is 6.61 Å². The van der Waals surface area contributed by atoms with Crippen LogP contribution in [0, 0.1) is 6.92 Å². The molecule has 2 nitrogen and oxygen atoms in total. The van der Waals surface area contributed by atoms with Crippen molar-refractivity contribution in [3.05, 3.63) is 53.6 Å². The van der Waals surface area contributed by atoms with Gasteiger partial charge in [0.2, 0.25) is 0 Å². The van der Waals surface area contributed by atoms with Crippen molar-refractivity contribution in [2.45, 2.75) is 25.6 Å². The molecule has 20 heavy (non-hydrogen) atoms. The van der Waals surface area contributed by atoms with Gasteiger partial charge in [-0.25, -0.2) is 0 Å². The molecule has 0 saturated heterocycles. The highest BCUT2D eigenvalue weighted by Crippen LogP contribution is 2.34. The third-order valence-corrected chi connectivity index (χ3v) is 3.49. The Bertz CT molecular complexity index is 567. The molecule has 0 amide bonds. The molecule has 0 radical (unpaired) electrons. The van der Waals surface area contributed by atoms with Crippen LogP contribution in [0.2, 0.25) is 0 Å². The van der Waals surface area contributed by atoms with Gasteiger partial charge in [-0.1, -0.05) is 52.7 Å². The van der Waals surface area contributed by atoms with Crippen LogP contribution in [0.4, 0.5) is 0 Å². The second kappa shape index (κ2) is 7.34. The minimum absolute atomic E-state index is 0.694. The van der Waals surface area contributed by atoms with E-state index in [4.69, 9.17) is 9.47 Å². The third kappa shape index (κ3) is 3.76. The van der Waals surface area contributed by atoms with Gasteiger partial charge >= 0.3 is 0 Å². The summed E-state index contributed by atoms with van der Waals surface area (Å²) in [6.07, 6.45) is 0.978. The number of rotatable bonds is 6. The summed E-state index contributed by atoms with van der Waals surface area (Å²) in [5.41, 5.74) is 2.36. The third-order valence-electron chi connectivity index (χ3n) is 2.89. The SMILES string of the molecule is CCCOc1ccccc1Oc1ccc(C)cc1CBr. The minimum Gasteiger partial charge on any atom is -0.490 e. The van der Waals surface area contributed by atoms with Crippen molar-refractivity contribution in [1.29, 1.82) is 0 Å². The number of para-hydroxylation sites is 2. The molecule has 106 valence electrons. The van der Waals surface area contributed by atoms with E-state index in [-0.39, 0.29) is 0 Å². The molecule has 0 spiro atoms. The largest absolute Gasteiger partial charge is 0.490 e. The monoisotopic (exact) mass is 334 g/mol. The molecule has 0 bridgehead atoms. The molecule has 0 saturated carbocycles. The van der Waals surface area contributed by atoms with E-state index in [0.29, 0.717) is 6.61 Å². The number of aryl methyl sites for hydroxylation is 1. The highest BCUT2D eigenvalue weighted by atomic mass is 79.9. The first-order valence-corrected chi connectivity index (χ1v) is 7.92. The molecule has 0 heterocycles. The summed E-state index contributed by atoms with van der Waals surface area (Å²) in [6.45, 7) is 4.86. The summed E-state index contributed by atoms with van der Waals surface area (Å²) in [6, 6.07) is 14.0. The Morgan fingerprint density at radius 3 is 2.45 bits per heavy atom. The summed E-state index contributed by atoms with van der Waals surface area (Å²) in [4.78, 5) is 0. The highest BCUT2D eigenvalue weighted by Gasteiger charge is 2.08. The van der Waals surface area contributed by atoms with Gasteiger partial charge in [0.1, 0.15) is 5.75 Å². The van der Waals surface area contributed by atoms with Gasteiger partial charge in [0.15, 0.2) is 11.5 Å². The number of hydrogen-bond donors (Lipinski definition) is 0. The van der Waals surface area contributed by atoms with Crippen LogP contribution in [0.1, 0.15) is 24.5 Å². The molecule has 2 rings (SSSR count). The van der Waals surface area contributed by atoms with Crippen molar-refractivity contribution >= 4 is 15.9 Å². The molecule has 0 aliphatic rings. The van der Waals surface area contributed by atoms with E-state index in [1.165, 1.54) is 5.56 Å². The number of alkyl halides is 1. The van der Waals surface area contributed by atoms with E-state index in [1.807, 2.05) is 30.3 Å². The fraction of sp³-hybridized carbons (Fsp3) is 0.294. The first kappa shape index (κ1) is 14.9. The van der Waals surface area contributed by atoms with Crippen LogP contribution < -0.4 is 9.47 Å². The first-order valence-electron chi connectivity index (χ1n) is 6.79. The zero-order chi connectivity index (χ0) is 14.4. The molecule has 0 atom stereocenters. The molecule has 0 aliphatic carbocycles. The van der Waals surface area contributed by atoms with Crippen LogP contribution in [0.5, 0.6) is 17.2 Å². The summed E-state index contributed by atoms with van der Waals surface area (Å²) in [7, 11) is 0. The van der Waals surface area contributed by atoms with E-state index in [2.05, 4.69) is 41.9 Å². The van der Waals surface area contributed by atoms with E-state index in [1.54, 1.807) is 0 Å². The van der Waals surface area contributed by atoms with Gasteiger partial charge in [-0.15, -0.1) is 0 Å². The number of ether oxygens (including phenoxy) is 2. The molecular weight excluding hydrogens is 316 g/mol. The Morgan fingerprint density at radius 2 is 1.75 bits per heavy atom. The smallest absolute Gasteiger partial charge is 0.169 e. The fourth-order valence-corrected chi connectivity index (χ4v) is 2.33. The highest BCUT2D eigenvalue weighted by molar-refractivity contribution is 9.08. The summed E-state index contributed by atoms with van der Waals surface area (Å²) in [5.74, 6) is 2.41. The number of halogens is 1. The van der Waals surface area contributed by atoms with Crippen LogP contribution in [-0.2, 0) is 5.33 Å². The Hall–Kier alpha value is -1.48. The second-order valence-corrected chi connectivity index (χ2v) is 5.20. The average Bonchev–Trinajstić information content (AvgIpc) is 2.48. The molecular formula is C17H19BrO2. The lowest BCUT2D eigenvalue weighted by Gasteiger charge is -2.14. The maximum atomic E-state index is 6.03. The molecule has 3 heteroatoms. The summed E-state index contributed by atoms with van der Waals surface area (Å²) < 4.78 is 11.7. The minimum atomic E-state index is 0.694. The van der Waals surface area contributed by atoms with E-state index in [9.17, 15) is 0 Å². The maximum Gasteiger partial charge on any atom is 0.169 e. The topological polar surface area (TPSA) is 18.5 Å². The van der Waals surface area contributed by atoms with Gasteiger partial charge in [0, 0.05) is 10.9 Å². The Kier molecular flexibility index (Phi) is 5.48. The Morgan fingerprint density at radius 1 is 1.00 bits per heavy atom. The van der Waals surface area contributed by atoms with Crippen LogP contribution in [0.15, 0.2) is 42.5 Å². The van der Waals surface area contributed by atoms with Gasteiger partial charge in [0.05, 0.1) is 6.61 Å². The van der Waals surface area contributed by atoms with Crippen molar-refractivity contribution in [2.24, 2.45) is 0 Å². The molecule has 0 fully saturated rings. The lowest BCUT2D eigenvalue weighted by molar-refractivity contribution is 0.302. The van der Waals surface area contributed by atoms with Gasteiger partial charge in [-0.2, -0.15) is 0 Å². The van der Waals surface area contributed by atoms with E-state index in [0.717, 1.165) is 34.6 Å². The number of benzene rings is 2. The molecule has 0 aromatic heterocycles. The average molecular weight is 335 g/mol. The van der Waals surface area contributed by atoms with E-state index < -0.39 is 0 Å². The predicted molar refractivity (Wildman–Crippen MR) is 86.1 cm³/mol. The van der Waals surface area contributed by atoms with E-state index >= 15 is 0 Å². The van der Waals surface area contributed by atoms with Gasteiger partial charge in [-0.05, 0) is 31.5 Å². The van der Waals surface area contributed by atoms with Crippen molar-refractivity contribution in [2.75, 3.05) is 6.61 Å². The van der Waals surface area contributed by atoms with Crippen molar-refractivity contribution in [3.8, 4) is 17.2 Å². The number of hydrogen-bond acceptors (Lipinski definition) is 2. The normalized spacial score (nSPS) is 10.3. The van der Waals surface area contributed by atoms with Crippen LogP contribution >= 0.6 is 15.9 Å².